The fourth-order valence-corrected chi connectivity index (χ4v) is 2.52. The lowest BCUT2D eigenvalue weighted by Crippen LogP contribution is -2.31. The lowest BCUT2D eigenvalue weighted by Gasteiger charge is -2.09. The van der Waals surface area contributed by atoms with E-state index in [1.807, 2.05) is 31.2 Å². The summed E-state index contributed by atoms with van der Waals surface area (Å²) < 4.78 is 10.7. The van der Waals surface area contributed by atoms with Gasteiger partial charge in [0.1, 0.15) is 0 Å². The van der Waals surface area contributed by atoms with Crippen LogP contribution < -0.4 is 5.32 Å². The highest BCUT2D eigenvalue weighted by Crippen LogP contribution is 2.16. The molecule has 0 spiro atoms. The molecule has 122 valence electrons. The number of rotatable bonds is 6. The lowest BCUT2D eigenvalue weighted by molar-refractivity contribution is -0.121. The molecule has 1 aliphatic rings. The molecule has 6 nitrogen and oxygen atoms in total. The average molecular weight is 315 g/mol. The second kappa shape index (κ2) is 7.37. The van der Waals surface area contributed by atoms with Crippen LogP contribution in [-0.2, 0) is 16.0 Å². The number of amides is 1. The van der Waals surface area contributed by atoms with Crippen molar-refractivity contribution in [3.8, 4) is 11.4 Å². The van der Waals surface area contributed by atoms with Gasteiger partial charge < -0.3 is 14.6 Å². The van der Waals surface area contributed by atoms with Crippen LogP contribution in [0.2, 0.25) is 0 Å². The molecule has 1 N–H and O–H groups in total. The number of carbonyl (C=O) groups excluding carboxylic acids is 1. The predicted octanol–water partition coefficient (Wildman–Crippen LogP) is 2.27. The average Bonchev–Trinajstić information content (AvgIpc) is 3.23. The molecule has 1 atom stereocenters. The fourth-order valence-electron chi connectivity index (χ4n) is 2.52. The molecule has 6 heteroatoms. The first kappa shape index (κ1) is 15.7. The van der Waals surface area contributed by atoms with E-state index in [-0.39, 0.29) is 12.0 Å². The molecule has 1 aromatic heterocycles. The smallest absolute Gasteiger partial charge is 0.227 e. The number of hydrogen-bond donors (Lipinski definition) is 1. The number of ether oxygens (including phenoxy) is 1. The first-order valence-electron chi connectivity index (χ1n) is 7.98. The summed E-state index contributed by atoms with van der Waals surface area (Å²) in [6, 6.07) is 7.92. The molecule has 1 aromatic carbocycles. The highest BCUT2D eigenvalue weighted by Gasteiger charge is 2.16. The van der Waals surface area contributed by atoms with E-state index < -0.39 is 0 Å². The molecule has 23 heavy (non-hydrogen) atoms. The number of aromatic nitrogens is 2. The number of aryl methyl sites for hydroxylation is 2. The van der Waals surface area contributed by atoms with Crippen molar-refractivity contribution in [2.24, 2.45) is 0 Å². The van der Waals surface area contributed by atoms with Gasteiger partial charge in [0.05, 0.1) is 6.10 Å². The molecule has 1 aliphatic heterocycles. The van der Waals surface area contributed by atoms with Gasteiger partial charge in [0.15, 0.2) is 0 Å². The first-order valence-corrected chi connectivity index (χ1v) is 7.98. The summed E-state index contributed by atoms with van der Waals surface area (Å²) >= 11 is 0. The van der Waals surface area contributed by atoms with Crippen LogP contribution in [0.3, 0.4) is 0 Å². The molecule has 2 heterocycles. The normalized spacial score (nSPS) is 17.3. The molecule has 3 rings (SSSR count). The van der Waals surface area contributed by atoms with Gasteiger partial charge in [-0.15, -0.1) is 0 Å². The maximum Gasteiger partial charge on any atom is 0.227 e. The Bertz CT molecular complexity index is 645. The predicted molar refractivity (Wildman–Crippen MR) is 84.8 cm³/mol. The van der Waals surface area contributed by atoms with Crippen molar-refractivity contribution in [1.29, 1.82) is 0 Å². The number of nitrogens with one attached hydrogen (secondary N) is 1. The van der Waals surface area contributed by atoms with Gasteiger partial charge in [0.2, 0.25) is 17.6 Å². The Morgan fingerprint density at radius 1 is 1.35 bits per heavy atom. The zero-order valence-corrected chi connectivity index (χ0v) is 13.2. The SMILES string of the molecule is Cc1ccc(-c2noc(CCC(=O)NC[C@H]3CCCO3)n2)cc1. The Hall–Kier alpha value is -2.21. The summed E-state index contributed by atoms with van der Waals surface area (Å²) in [7, 11) is 0. The third-order valence-electron chi connectivity index (χ3n) is 3.89. The van der Waals surface area contributed by atoms with Crippen LogP contribution in [0.15, 0.2) is 28.8 Å². The zero-order chi connectivity index (χ0) is 16.1. The summed E-state index contributed by atoms with van der Waals surface area (Å²) in [5, 5.41) is 6.85. The van der Waals surface area contributed by atoms with E-state index in [0.717, 1.165) is 25.0 Å². The Kier molecular flexibility index (Phi) is 5.02. The lowest BCUT2D eigenvalue weighted by atomic mass is 10.1. The van der Waals surface area contributed by atoms with Crippen LogP contribution in [0.5, 0.6) is 0 Å². The van der Waals surface area contributed by atoms with Crippen molar-refractivity contribution >= 4 is 5.91 Å². The third kappa shape index (κ3) is 4.39. The van der Waals surface area contributed by atoms with E-state index in [4.69, 9.17) is 9.26 Å². The van der Waals surface area contributed by atoms with Gasteiger partial charge in [0, 0.05) is 31.6 Å². The minimum Gasteiger partial charge on any atom is -0.376 e. The van der Waals surface area contributed by atoms with Crippen LogP contribution in [0.4, 0.5) is 0 Å². The standard InChI is InChI=1S/C17H21N3O3/c1-12-4-6-13(7-5-12)17-19-16(23-20-17)9-8-15(21)18-11-14-3-2-10-22-14/h4-7,14H,2-3,8-11H2,1H3,(H,18,21)/t14-/m1/s1. The van der Waals surface area contributed by atoms with Crippen molar-refractivity contribution in [3.63, 3.8) is 0 Å². The van der Waals surface area contributed by atoms with E-state index in [1.54, 1.807) is 0 Å². The maximum absolute atomic E-state index is 11.8. The minimum absolute atomic E-state index is 0.0180. The molecule has 0 aliphatic carbocycles. The number of carbonyl (C=O) groups is 1. The van der Waals surface area contributed by atoms with Crippen LogP contribution in [-0.4, -0.2) is 35.3 Å². The van der Waals surface area contributed by atoms with Crippen molar-refractivity contribution in [3.05, 3.63) is 35.7 Å². The summed E-state index contributed by atoms with van der Waals surface area (Å²) in [4.78, 5) is 16.2. The molecular formula is C17H21N3O3. The first-order chi connectivity index (χ1) is 11.2. The summed E-state index contributed by atoms with van der Waals surface area (Å²) in [5.74, 6) is 1.02. The number of benzene rings is 1. The summed E-state index contributed by atoms with van der Waals surface area (Å²) in [6.45, 7) is 3.41. The topological polar surface area (TPSA) is 77.2 Å². The Morgan fingerprint density at radius 2 is 2.17 bits per heavy atom. The summed E-state index contributed by atoms with van der Waals surface area (Å²) in [5.41, 5.74) is 2.09. The molecule has 1 saturated heterocycles. The van der Waals surface area contributed by atoms with E-state index >= 15 is 0 Å². The molecule has 0 radical (unpaired) electrons. The molecule has 0 unspecified atom stereocenters. The molecule has 0 bridgehead atoms. The van der Waals surface area contributed by atoms with Crippen LogP contribution in [0, 0.1) is 6.92 Å². The maximum atomic E-state index is 11.8. The van der Waals surface area contributed by atoms with Crippen LogP contribution in [0.25, 0.3) is 11.4 Å². The van der Waals surface area contributed by atoms with Crippen molar-refractivity contribution in [1.82, 2.24) is 15.5 Å². The molecule has 0 saturated carbocycles. The Labute approximate surface area is 135 Å². The monoisotopic (exact) mass is 315 g/mol. The Morgan fingerprint density at radius 3 is 2.91 bits per heavy atom. The van der Waals surface area contributed by atoms with Gasteiger partial charge in [-0.05, 0) is 19.8 Å². The van der Waals surface area contributed by atoms with Gasteiger partial charge in [0.25, 0.3) is 0 Å². The van der Waals surface area contributed by atoms with Gasteiger partial charge in [-0.3, -0.25) is 4.79 Å². The second-order valence-corrected chi connectivity index (χ2v) is 5.82. The van der Waals surface area contributed by atoms with E-state index in [0.29, 0.717) is 31.1 Å². The van der Waals surface area contributed by atoms with Gasteiger partial charge in [-0.2, -0.15) is 4.98 Å². The number of hydrogen-bond acceptors (Lipinski definition) is 5. The highest BCUT2D eigenvalue weighted by molar-refractivity contribution is 5.76. The van der Waals surface area contributed by atoms with Crippen molar-refractivity contribution in [2.45, 2.75) is 38.7 Å². The largest absolute Gasteiger partial charge is 0.376 e. The Balaban J connectivity index is 1.47. The van der Waals surface area contributed by atoms with Gasteiger partial charge >= 0.3 is 0 Å². The summed E-state index contributed by atoms with van der Waals surface area (Å²) in [6.07, 6.45) is 3.03. The second-order valence-electron chi connectivity index (χ2n) is 5.82. The van der Waals surface area contributed by atoms with Gasteiger partial charge in [-0.25, -0.2) is 0 Å². The van der Waals surface area contributed by atoms with Crippen molar-refractivity contribution < 1.29 is 14.1 Å². The van der Waals surface area contributed by atoms with Crippen LogP contribution >= 0.6 is 0 Å². The minimum atomic E-state index is -0.0180. The van der Waals surface area contributed by atoms with Crippen LogP contribution in [0.1, 0.15) is 30.7 Å². The van der Waals surface area contributed by atoms with Crippen molar-refractivity contribution in [2.75, 3.05) is 13.2 Å². The molecular weight excluding hydrogens is 294 g/mol. The molecule has 2 aromatic rings. The van der Waals surface area contributed by atoms with E-state index in [1.165, 1.54) is 5.56 Å². The molecule has 1 amide bonds. The molecule has 1 fully saturated rings. The zero-order valence-electron chi connectivity index (χ0n) is 13.2. The highest BCUT2D eigenvalue weighted by atomic mass is 16.5. The van der Waals surface area contributed by atoms with E-state index in [2.05, 4.69) is 15.5 Å². The van der Waals surface area contributed by atoms with E-state index in [9.17, 15) is 4.79 Å². The van der Waals surface area contributed by atoms with Gasteiger partial charge in [-0.1, -0.05) is 35.0 Å². The quantitative estimate of drug-likeness (QED) is 0.885. The fraction of sp³-hybridized carbons (Fsp3) is 0.471. The third-order valence-corrected chi connectivity index (χ3v) is 3.89. The number of nitrogens with zero attached hydrogens (tertiary/aromatic N) is 2.